The van der Waals surface area contributed by atoms with Crippen molar-refractivity contribution in [3.63, 3.8) is 0 Å². The molecule has 0 unspecified atom stereocenters. The molecular formula is C27H30N6O. The first-order chi connectivity index (χ1) is 16.6. The molecule has 1 aromatic heterocycles. The lowest BCUT2D eigenvalue weighted by atomic mass is 10.0. The summed E-state index contributed by atoms with van der Waals surface area (Å²) in [4.78, 5) is 19.1. The largest absolute Gasteiger partial charge is 0.404 e. The van der Waals surface area contributed by atoms with Gasteiger partial charge in [0.25, 0.3) is 5.56 Å². The van der Waals surface area contributed by atoms with Crippen molar-refractivity contribution in [2.45, 2.75) is 18.9 Å². The van der Waals surface area contributed by atoms with E-state index in [0.717, 1.165) is 30.5 Å². The molecule has 5 N–H and O–H groups in total. The van der Waals surface area contributed by atoms with E-state index in [9.17, 15) is 4.79 Å². The van der Waals surface area contributed by atoms with Gasteiger partial charge in [0.05, 0.1) is 11.6 Å². The highest BCUT2D eigenvalue weighted by molar-refractivity contribution is 6.09. The fourth-order valence-corrected chi connectivity index (χ4v) is 3.69. The van der Waals surface area contributed by atoms with E-state index in [-0.39, 0.29) is 11.6 Å². The summed E-state index contributed by atoms with van der Waals surface area (Å²) in [5.74, 6) is 0. The third-order valence-electron chi connectivity index (χ3n) is 5.52. The maximum absolute atomic E-state index is 12.3. The van der Waals surface area contributed by atoms with E-state index >= 15 is 0 Å². The van der Waals surface area contributed by atoms with Crippen LogP contribution in [-0.2, 0) is 6.42 Å². The lowest BCUT2D eigenvalue weighted by Crippen LogP contribution is -2.26. The summed E-state index contributed by atoms with van der Waals surface area (Å²) in [5.41, 5.74) is 10.6. The maximum atomic E-state index is 12.3. The summed E-state index contributed by atoms with van der Waals surface area (Å²) >= 11 is 0. The van der Waals surface area contributed by atoms with Crippen LogP contribution in [-0.4, -0.2) is 31.3 Å². The van der Waals surface area contributed by atoms with E-state index in [4.69, 9.17) is 11.0 Å². The van der Waals surface area contributed by atoms with Crippen molar-refractivity contribution in [3.8, 4) is 6.07 Å². The van der Waals surface area contributed by atoms with Crippen molar-refractivity contribution in [1.29, 1.82) is 5.26 Å². The number of aliphatic imine (C=N–C) groups is 1. The molecule has 1 atom stereocenters. The molecule has 0 aliphatic heterocycles. The number of aromatic amines is 1. The van der Waals surface area contributed by atoms with Crippen LogP contribution in [0.4, 0.5) is 5.69 Å². The zero-order chi connectivity index (χ0) is 24.2. The van der Waals surface area contributed by atoms with Crippen LogP contribution in [0.3, 0.4) is 0 Å². The molecule has 0 radical (unpaired) electrons. The predicted octanol–water partition coefficient (Wildman–Crippen LogP) is 3.62. The van der Waals surface area contributed by atoms with Crippen LogP contribution in [0.25, 0.3) is 5.57 Å². The minimum Gasteiger partial charge on any atom is -0.404 e. The van der Waals surface area contributed by atoms with Crippen molar-refractivity contribution in [3.05, 3.63) is 106 Å². The van der Waals surface area contributed by atoms with Crippen LogP contribution in [0.5, 0.6) is 0 Å². The number of nitrogens with one attached hydrogen (secondary N) is 3. The van der Waals surface area contributed by atoms with Gasteiger partial charge in [0.1, 0.15) is 5.69 Å². The first-order valence-corrected chi connectivity index (χ1v) is 11.2. The Balaban J connectivity index is 1.63. The van der Waals surface area contributed by atoms with Crippen molar-refractivity contribution >= 4 is 17.5 Å². The summed E-state index contributed by atoms with van der Waals surface area (Å²) in [7, 11) is 1.67. The van der Waals surface area contributed by atoms with Crippen molar-refractivity contribution in [1.82, 2.24) is 10.3 Å². The van der Waals surface area contributed by atoms with E-state index in [1.165, 1.54) is 17.3 Å². The van der Waals surface area contributed by atoms with Crippen molar-refractivity contribution < 1.29 is 0 Å². The van der Waals surface area contributed by atoms with E-state index in [0.29, 0.717) is 17.8 Å². The molecular weight excluding hydrogens is 424 g/mol. The van der Waals surface area contributed by atoms with Crippen LogP contribution in [0.2, 0.25) is 0 Å². The minimum absolute atomic E-state index is 0.126. The van der Waals surface area contributed by atoms with Gasteiger partial charge in [-0.25, -0.2) is 0 Å². The normalized spacial score (nSPS) is 12.4. The Hall–Kier alpha value is -4.15. The number of nitriles is 1. The van der Waals surface area contributed by atoms with Crippen LogP contribution >= 0.6 is 0 Å². The molecule has 3 aromatic rings. The van der Waals surface area contributed by atoms with Gasteiger partial charge in [0.2, 0.25) is 0 Å². The zero-order valence-corrected chi connectivity index (χ0v) is 19.3. The SMILES string of the molecule is CN=C/C(=C\N)c1c[nH]c(=O)c(NCC[C@H](NCCc2ccc(C#N)cc2)c2ccccc2)c1. The molecule has 0 bridgehead atoms. The predicted molar refractivity (Wildman–Crippen MR) is 139 cm³/mol. The number of anilines is 1. The molecule has 0 aliphatic rings. The first kappa shape index (κ1) is 24.5. The van der Waals surface area contributed by atoms with Gasteiger partial charge in [-0.3, -0.25) is 9.79 Å². The molecule has 3 rings (SSSR count). The molecule has 7 nitrogen and oxygen atoms in total. The Morgan fingerprint density at radius 2 is 1.94 bits per heavy atom. The summed E-state index contributed by atoms with van der Waals surface area (Å²) < 4.78 is 0. The number of rotatable bonds is 11. The van der Waals surface area contributed by atoms with Crippen LogP contribution < -0.4 is 21.9 Å². The van der Waals surface area contributed by atoms with Gasteiger partial charge in [-0.1, -0.05) is 42.5 Å². The van der Waals surface area contributed by atoms with Gasteiger partial charge < -0.3 is 21.4 Å². The number of nitrogens with two attached hydrogens (primary N) is 1. The number of allylic oxidation sites excluding steroid dienone is 1. The fraction of sp³-hybridized carbons (Fsp3) is 0.222. The van der Waals surface area contributed by atoms with E-state index < -0.39 is 0 Å². The van der Waals surface area contributed by atoms with Gasteiger partial charge in [-0.2, -0.15) is 5.26 Å². The van der Waals surface area contributed by atoms with Gasteiger partial charge in [0.15, 0.2) is 0 Å². The average molecular weight is 455 g/mol. The number of H-pyrrole nitrogens is 1. The van der Waals surface area contributed by atoms with Crippen LogP contribution in [0, 0.1) is 11.3 Å². The highest BCUT2D eigenvalue weighted by Gasteiger charge is 2.11. The maximum Gasteiger partial charge on any atom is 0.271 e. The number of nitrogens with zero attached hydrogens (tertiary/aromatic N) is 2. The van der Waals surface area contributed by atoms with Crippen LogP contribution in [0.1, 0.15) is 34.7 Å². The van der Waals surface area contributed by atoms with E-state index in [1.54, 1.807) is 25.5 Å². The second-order valence-electron chi connectivity index (χ2n) is 7.83. The molecule has 0 aliphatic carbocycles. The number of hydrogen-bond acceptors (Lipinski definition) is 6. The molecule has 0 spiro atoms. The Morgan fingerprint density at radius 3 is 2.62 bits per heavy atom. The third kappa shape index (κ3) is 6.92. The van der Waals surface area contributed by atoms with E-state index in [2.05, 4.69) is 38.8 Å². The van der Waals surface area contributed by atoms with Gasteiger partial charge in [0, 0.05) is 49.4 Å². The molecule has 0 amide bonds. The number of benzene rings is 2. The Labute approximate surface area is 200 Å². The third-order valence-corrected chi connectivity index (χ3v) is 5.52. The van der Waals surface area contributed by atoms with Crippen LogP contribution in [0.15, 0.2) is 82.8 Å². The highest BCUT2D eigenvalue weighted by Crippen LogP contribution is 2.18. The molecule has 7 heteroatoms. The standard InChI is InChI=1S/C27H30N6O/c1-30-18-24(17-29)23-15-26(27(34)33-19-23)32-14-12-25(22-5-3-2-4-6-22)31-13-11-20-7-9-21(16-28)10-8-20/h2-10,15,17-19,25,31-32H,11-14,29H2,1H3,(H,33,34)/b24-17+,30-18?/t25-/m0/s1. The molecule has 0 saturated carbocycles. The molecule has 1 heterocycles. The summed E-state index contributed by atoms with van der Waals surface area (Å²) in [6.45, 7) is 1.40. The van der Waals surface area contributed by atoms with Crippen molar-refractivity contribution in [2.75, 3.05) is 25.5 Å². The van der Waals surface area contributed by atoms with Crippen molar-refractivity contribution in [2.24, 2.45) is 10.7 Å². The topological polar surface area (TPSA) is 119 Å². The molecule has 0 saturated heterocycles. The number of aromatic nitrogens is 1. The average Bonchev–Trinajstić information content (AvgIpc) is 2.88. The van der Waals surface area contributed by atoms with Gasteiger partial charge >= 0.3 is 0 Å². The minimum atomic E-state index is -0.182. The summed E-state index contributed by atoms with van der Waals surface area (Å²) in [5, 5.41) is 15.9. The molecule has 0 fully saturated rings. The summed E-state index contributed by atoms with van der Waals surface area (Å²) in [6.07, 6.45) is 6.40. The molecule has 174 valence electrons. The van der Waals surface area contributed by atoms with Gasteiger partial charge in [-0.15, -0.1) is 0 Å². The monoisotopic (exact) mass is 454 g/mol. The number of pyridine rings is 1. The number of hydrogen-bond donors (Lipinski definition) is 4. The molecule has 2 aromatic carbocycles. The van der Waals surface area contributed by atoms with E-state index in [1.807, 2.05) is 42.5 Å². The quantitative estimate of drug-likeness (QED) is 0.330. The zero-order valence-electron chi connectivity index (χ0n) is 19.3. The lowest BCUT2D eigenvalue weighted by Gasteiger charge is -2.20. The second kappa shape index (κ2) is 12.8. The summed E-state index contributed by atoms with van der Waals surface area (Å²) in [6, 6.07) is 22.0. The highest BCUT2D eigenvalue weighted by atomic mass is 16.1. The van der Waals surface area contributed by atoms with Gasteiger partial charge in [-0.05, 0) is 48.7 Å². The Kier molecular flexibility index (Phi) is 9.20. The lowest BCUT2D eigenvalue weighted by molar-refractivity contribution is 0.514. The Bertz CT molecular complexity index is 1210. The molecule has 34 heavy (non-hydrogen) atoms. The fourth-order valence-electron chi connectivity index (χ4n) is 3.69. The Morgan fingerprint density at radius 1 is 1.18 bits per heavy atom. The smallest absolute Gasteiger partial charge is 0.271 e. The first-order valence-electron chi connectivity index (χ1n) is 11.2. The second-order valence-corrected chi connectivity index (χ2v) is 7.83.